The zero-order chi connectivity index (χ0) is 18.5. The van der Waals surface area contributed by atoms with E-state index in [1.165, 1.54) is 0 Å². The molecule has 1 aliphatic heterocycles. The second-order valence-corrected chi connectivity index (χ2v) is 6.84. The monoisotopic (exact) mass is 354 g/mol. The van der Waals surface area contributed by atoms with Crippen molar-refractivity contribution >= 4 is 11.9 Å². The summed E-state index contributed by atoms with van der Waals surface area (Å²) < 4.78 is 5.02. The third kappa shape index (κ3) is 4.02. The van der Waals surface area contributed by atoms with Crippen LogP contribution in [0.1, 0.15) is 24.5 Å². The maximum absolute atomic E-state index is 12.3. The number of rotatable bonds is 5. The predicted molar refractivity (Wildman–Crippen MR) is 102 cm³/mol. The number of carbonyl (C=O) groups is 1. The quantitative estimate of drug-likeness (QED) is 0.826. The van der Waals surface area contributed by atoms with Gasteiger partial charge < -0.3 is 14.5 Å². The van der Waals surface area contributed by atoms with Gasteiger partial charge in [-0.15, -0.1) is 0 Å². The van der Waals surface area contributed by atoms with Crippen LogP contribution in [0.3, 0.4) is 0 Å². The van der Waals surface area contributed by atoms with Crippen molar-refractivity contribution in [2.24, 2.45) is 0 Å². The van der Waals surface area contributed by atoms with Crippen LogP contribution < -0.4 is 4.90 Å². The van der Waals surface area contributed by atoms with Gasteiger partial charge in [-0.2, -0.15) is 0 Å². The van der Waals surface area contributed by atoms with Gasteiger partial charge in [-0.1, -0.05) is 30.3 Å². The van der Waals surface area contributed by atoms with Crippen molar-refractivity contribution in [1.29, 1.82) is 0 Å². The van der Waals surface area contributed by atoms with E-state index in [4.69, 9.17) is 9.72 Å². The molecule has 1 aromatic carbocycles. The molecule has 3 rings (SSSR count). The predicted octanol–water partition coefficient (Wildman–Crippen LogP) is 2.56. The number of piperidine rings is 1. The fourth-order valence-electron chi connectivity index (χ4n) is 3.39. The lowest BCUT2D eigenvalue weighted by Crippen LogP contribution is -2.41. The molecule has 0 saturated carbocycles. The normalized spacial score (nSPS) is 17.2. The standard InChI is InChI=1S/C20H26N4O2/c1-23(2)20-21-12-17(15-8-5-4-6-9-15)19(22-20)16-10-7-11-24(13-16)18(25)14-26-3/h4-6,8-9,12,16H,7,10-11,13-14H2,1-3H3/t16-/m0/s1. The molecule has 1 atom stereocenters. The number of nitrogens with zero attached hydrogens (tertiary/aromatic N) is 4. The van der Waals surface area contributed by atoms with Crippen molar-refractivity contribution in [3.05, 3.63) is 42.2 Å². The van der Waals surface area contributed by atoms with Gasteiger partial charge in [-0.3, -0.25) is 4.79 Å². The molecule has 2 heterocycles. The van der Waals surface area contributed by atoms with Crippen LogP contribution in [0.2, 0.25) is 0 Å². The maximum Gasteiger partial charge on any atom is 0.248 e. The number of ether oxygens (including phenoxy) is 1. The molecule has 6 nitrogen and oxygen atoms in total. The van der Waals surface area contributed by atoms with Gasteiger partial charge in [0.1, 0.15) is 6.61 Å². The number of aromatic nitrogens is 2. The van der Waals surface area contributed by atoms with E-state index in [-0.39, 0.29) is 18.4 Å². The Labute approximate surface area is 154 Å². The average molecular weight is 354 g/mol. The summed E-state index contributed by atoms with van der Waals surface area (Å²) in [6, 6.07) is 10.2. The average Bonchev–Trinajstić information content (AvgIpc) is 2.68. The Bertz CT molecular complexity index is 749. The Morgan fingerprint density at radius 1 is 1.31 bits per heavy atom. The van der Waals surface area contributed by atoms with Crippen molar-refractivity contribution in [2.45, 2.75) is 18.8 Å². The van der Waals surface area contributed by atoms with Crippen LogP contribution in [0.25, 0.3) is 11.1 Å². The van der Waals surface area contributed by atoms with Crippen molar-refractivity contribution in [1.82, 2.24) is 14.9 Å². The highest BCUT2D eigenvalue weighted by molar-refractivity contribution is 5.77. The van der Waals surface area contributed by atoms with Gasteiger partial charge >= 0.3 is 0 Å². The van der Waals surface area contributed by atoms with E-state index in [0.717, 1.165) is 36.2 Å². The second-order valence-electron chi connectivity index (χ2n) is 6.84. The molecular formula is C20H26N4O2. The van der Waals surface area contributed by atoms with E-state index in [1.807, 2.05) is 48.3 Å². The molecule has 138 valence electrons. The van der Waals surface area contributed by atoms with Crippen LogP contribution in [0, 0.1) is 0 Å². The van der Waals surface area contributed by atoms with E-state index < -0.39 is 0 Å². The van der Waals surface area contributed by atoms with Gasteiger partial charge in [-0.25, -0.2) is 9.97 Å². The lowest BCUT2D eigenvalue weighted by atomic mass is 9.90. The Hall–Kier alpha value is -2.47. The zero-order valence-corrected chi connectivity index (χ0v) is 15.7. The van der Waals surface area contributed by atoms with Crippen LogP contribution in [0.4, 0.5) is 5.95 Å². The minimum Gasteiger partial charge on any atom is -0.375 e. The Balaban J connectivity index is 1.96. The molecule has 0 unspecified atom stereocenters. The highest BCUT2D eigenvalue weighted by atomic mass is 16.5. The van der Waals surface area contributed by atoms with Crippen molar-refractivity contribution < 1.29 is 9.53 Å². The van der Waals surface area contributed by atoms with Gasteiger partial charge in [0.05, 0.1) is 5.69 Å². The number of benzene rings is 1. The molecule has 0 aliphatic carbocycles. The molecule has 26 heavy (non-hydrogen) atoms. The highest BCUT2D eigenvalue weighted by Gasteiger charge is 2.28. The number of methoxy groups -OCH3 is 1. The summed E-state index contributed by atoms with van der Waals surface area (Å²) in [4.78, 5) is 25.4. The van der Waals surface area contributed by atoms with Gasteiger partial charge in [-0.05, 0) is 18.4 Å². The fraction of sp³-hybridized carbons (Fsp3) is 0.450. The zero-order valence-electron chi connectivity index (χ0n) is 15.7. The van der Waals surface area contributed by atoms with Gasteiger partial charge in [0.25, 0.3) is 0 Å². The lowest BCUT2D eigenvalue weighted by molar-refractivity contribution is -0.136. The molecule has 0 spiro atoms. The van der Waals surface area contributed by atoms with Crippen LogP contribution in [-0.4, -0.2) is 61.7 Å². The molecule has 2 aromatic rings. The smallest absolute Gasteiger partial charge is 0.248 e. The number of likely N-dealkylation sites (tertiary alicyclic amines) is 1. The first-order valence-electron chi connectivity index (χ1n) is 8.96. The Kier molecular flexibility index (Phi) is 5.83. The molecule has 1 amide bonds. The van der Waals surface area contributed by atoms with E-state index in [2.05, 4.69) is 17.1 Å². The maximum atomic E-state index is 12.3. The molecule has 0 bridgehead atoms. The first-order chi connectivity index (χ1) is 12.6. The number of carbonyl (C=O) groups excluding carboxylic acids is 1. The van der Waals surface area contributed by atoms with Crippen LogP contribution in [0.15, 0.2) is 36.5 Å². The summed E-state index contributed by atoms with van der Waals surface area (Å²) in [6.07, 6.45) is 3.89. The minimum absolute atomic E-state index is 0.0420. The van der Waals surface area contributed by atoms with E-state index >= 15 is 0 Å². The molecule has 1 aliphatic rings. The third-order valence-corrected chi connectivity index (χ3v) is 4.72. The van der Waals surface area contributed by atoms with Crippen molar-refractivity contribution in [3.8, 4) is 11.1 Å². The highest BCUT2D eigenvalue weighted by Crippen LogP contribution is 2.33. The summed E-state index contributed by atoms with van der Waals surface area (Å²) in [5.74, 6) is 0.932. The largest absolute Gasteiger partial charge is 0.375 e. The summed E-state index contributed by atoms with van der Waals surface area (Å²) in [6.45, 7) is 1.59. The molecule has 1 aromatic heterocycles. The lowest BCUT2D eigenvalue weighted by Gasteiger charge is -2.33. The fourth-order valence-corrected chi connectivity index (χ4v) is 3.39. The van der Waals surface area contributed by atoms with Gasteiger partial charge in [0.2, 0.25) is 11.9 Å². The summed E-state index contributed by atoms with van der Waals surface area (Å²) in [5, 5.41) is 0. The van der Waals surface area contributed by atoms with Gasteiger partial charge in [0, 0.05) is 52.0 Å². The molecule has 6 heteroatoms. The molecule has 1 saturated heterocycles. The first kappa shape index (κ1) is 18.3. The SMILES string of the molecule is COCC(=O)N1CCC[C@H](c2nc(N(C)C)ncc2-c2ccccc2)C1. The minimum atomic E-state index is 0.0420. The summed E-state index contributed by atoms with van der Waals surface area (Å²) >= 11 is 0. The van der Waals surface area contributed by atoms with Gasteiger partial charge in [0.15, 0.2) is 0 Å². The molecule has 0 N–H and O–H groups in total. The summed E-state index contributed by atoms with van der Waals surface area (Å²) in [7, 11) is 5.44. The molecular weight excluding hydrogens is 328 g/mol. The van der Waals surface area contributed by atoms with Crippen LogP contribution >= 0.6 is 0 Å². The number of hydrogen-bond acceptors (Lipinski definition) is 5. The number of amides is 1. The summed E-state index contributed by atoms with van der Waals surface area (Å²) in [5.41, 5.74) is 3.17. The van der Waals surface area contributed by atoms with Crippen LogP contribution in [-0.2, 0) is 9.53 Å². The van der Waals surface area contributed by atoms with Crippen molar-refractivity contribution in [3.63, 3.8) is 0 Å². The first-order valence-corrected chi connectivity index (χ1v) is 8.96. The second kappa shape index (κ2) is 8.27. The Morgan fingerprint density at radius 3 is 2.77 bits per heavy atom. The third-order valence-electron chi connectivity index (χ3n) is 4.72. The van der Waals surface area contributed by atoms with Crippen molar-refractivity contribution in [2.75, 3.05) is 45.8 Å². The Morgan fingerprint density at radius 2 is 2.08 bits per heavy atom. The molecule has 0 radical (unpaired) electrons. The topological polar surface area (TPSA) is 58.6 Å². The number of anilines is 1. The van der Waals surface area contributed by atoms with E-state index in [9.17, 15) is 4.79 Å². The van der Waals surface area contributed by atoms with Crippen LogP contribution in [0.5, 0.6) is 0 Å². The van der Waals surface area contributed by atoms with E-state index in [1.54, 1.807) is 7.11 Å². The van der Waals surface area contributed by atoms with E-state index in [0.29, 0.717) is 12.5 Å². The molecule has 1 fully saturated rings. The number of hydrogen-bond donors (Lipinski definition) is 0.